The molecule has 0 spiro atoms. The highest BCUT2D eigenvalue weighted by atomic mass is 16.4. The lowest BCUT2D eigenvalue weighted by molar-refractivity contribution is 0.0692. The highest BCUT2D eigenvalue weighted by Crippen LogP contribution is 2.12. The monoisotopic (exact) mass is 261 g/mol. The second kappa shape index (κ2) is 5.17. The van der Waals surface area contributed by atoms with Crippen LogP contribution >= 0.6 is 0 Å². The number of carbonyl (C=O) groups is 2. The first kappa shape index (κ1) is 12.6. The molecule has 98 valence electrons. The summed E-state index contributed by atoms with van der Waals surface area (Å²) in [5.74, 6) is -0.852. The summed E-state index contributed by atoms with van der Waals surface area (Å²) < 4.78 is 1.53. The molecule has 8 heteroatoms. The van der Waals surface area contributed by atoms with Crippen LogP contribution in [0.5, 0.6) is 0 Å². The number of aromatic carboxylic acids is 1. The van der Waals surface area contributed by atoms with Crippen molar-refractivity contribution in [1.82, 2.24) is 14.8 Å². The number of carbonyl (C=O) groups excluding carboxylic acids is 1. The number of carboxylic acid groups (broad SMARTS) is 1. The molecular weight excluding hydrogens is 250 g/mol. The Labute approximate surface area is 108 Å². The van der Waals surface area contributed by atoms with Crippen LogP contribution in [-0.2, 0) is 7.05 Å². The van der Waals surface area contributed by atoms with Crippen molar-refractivity contribution < 1.29 is 14.7 Å². The minimum atomic E-state index is -1.21. The zero-order valence-corrected chi connectivity index (χ0v) is 9.99. The van der Waals surface area contributed by atoms with Gasteiger partial charge in [-0.3, -0.25) is 10.00 Å². The molecule has 0 fully saturated rings. The molecule has 2 aromatic heterocycles. The standard InChI is InChI=1S/C11H11N5O3/c1-16-6-4-8(15-16)14-11(19)13-7-3-2-5-12-9(7)10(17)18/h2-6H,1H3,(H,17,18)(H2,13,14,15,19). The third kappa shape index (κ3) is 3.06. The van der Waals surface area contributed by atoms with Gasteiger partial charge in [0.25, 0.3) is 0 Å². The number of aromatic nitrogens is 3. The van der Waals surface area contributed by atoms with Crippen LogP contribution in [0.1, 0.15) is 10.5 Å². The van der Waals surface area contributed by atoms with E-state index in [1.54, 1.807) is 19.3 Å². The maximum atomic E-state index is 11.7. The van der Waals surface area contributed by atoms with Gasteiger partial charge in [-0.1, -0.05) is 0 Å². The number of hydrogen-bond acceptors (Lipinski definition) is 4. The van der Waals surface area contributed by atoms with Crippen LogP contribution in [0.3, 0.4) is 0 Å². The molecule has 19 heavy (non-hydrogen) atoms. The van der Waals surface area contributed by atoms with Crippen LogP contribution in [0.4, 0.5) is 16.3 Å². The van der Waals surface area contributed by atoms with E-state index >= 15 is 0 Å². The van der Waals surface area contributed by atoms with Crippen molar-refractivity contribution in [2.75, 3.05) is 10.6 Å². The molecule has 2 heterocycles. The molecule has 0 aliphatic heterocycles. The molecule has 2 aromatic rings. The molecule has 0 unspecified atom stereocenters. The van der Waals surface area contributed by atoms with Gasteiger partial charge in [0.15, 0.2) is 11.5 Å². The fraction of sp³-hybridized carbons (Fsp3) is 0.0909. The summed E-state index contributed by atoms with van der Waals surface area (Å²) >= 11 is 0. The minimum Gasteiger partial charge on any atom is -0.476 e. The average Bonchev–Trinajstić information content (AvgIpc) is 2.75. The average molecular weight is 261 g/mol. The van der Waals surface area contributed by atoms with E-state index in [1.165, 1.54) is 23.0 Å². The van der Waals surface area contributed by atoms with Crippen LogP contribution in [0.15, 0.2) is 30.6 Å². The van der Waals surface area contributed by atoms with Crippen molar-refractivity contribution in [3.63, 3.8) is 0 Å². The van der Waals surface area contributed by atoms with Crippen LogP contribution in [0.25, 0.3) is 0 Å². The topological polar surface area (TPSA) is 109 Å². The predicted molar refractivity (Wildman–Crippen MR) is 67.0 cm³/mol. The van der Waals surface area contributed by atoms with Gasteiger partial charge in [0.1, 0.15) is 0 Å². The van der Waals surface area contributed by atoms with Crippen LogP contribution in [0, 0.1) is 0 Å². The molecule has 0 aliphatic rings. The lowest BCUT2D eigenvalue weighted by Crippen LogP contribution is -2.21. The minimum absolute atomic E-state index is 0.114. The van der Waals surface area contributed by atoms with Crippen LogP contribution in [-0.4, -0.2) is 31.9 Å². The van der Waals surface area contributed by atoms with Gasteiger partial charge in [0.05, 0.1) is 5.69 Å². The maximum absolute atomic E-state index is 11.7. The van der Waals surface area contributed by atoms with Crippen molar-refractivity contribution >= 4 is 23.5 Å². The number of carboxylic acids is 1. The molecular formula is C11H11N5O3. The lowest BCUT2D eigenvalue weighted by Gasteiger charge is -2.07. The largest absolute Gasteiger partial charge is 0.476 e. The second-order valence-corrected chi connectivity index (χ2v) is 3.66. The first-order valence-electron chi connectivity index (χ1n) is 5.32. The zero-order valence-electron chi connectivity index (χ0n) is 9.99. The highest BCUT2D eigenvalue weighted by molar-refractivity contribution is 6.03. The molecule has 0 saturated heterocycles. The van der Waals surface area contributed by atoms with E-state index in [9.17, 15) is 9.59 Å². The Bertz CT molecular complexity index is 622. The van der Waals surface area contributed by atoms with Crippen molar-refractivity contribution in [2.45, 2.75) is 0 Å². The van der Waals surface area contributed by atoms with Gasteiger partial charge in [-0.2, -0.15) is 5.10 Å². The van der Waals surface area contributed by atoms with E-state index in [2.05, 4.69) is 20.7 Å². The smallest absolute Gasteiger partial charge is 0.356 e. The summed E-state index contributed by atoms with van der Waals surface area (Å²) in [4.78, 5) is 26.3. The molecule has 2 rings (SSSR count). The summed E-state index contributed by atoms with van der Waals surface area (Å²) in [6, 6.07) is 4.01. The van der Waals surface area contributed by atoms with Gasteiger partial charge >= 0.3 is 12.0 Å². The van der Waals surface area contributed by atoms with E-state index in [1.807, 2.05) is 0 Å². The van der Waals surface area contributed by atoms with Crippen LogP contribution < -0.4 is 10.6 Å². The molecule has 0 bridgehead atoms. The third-order valence-corrected chi connectivity index (χ3v) is 2.21. The predicted octanol–water partition coefficient (Wildman–Crippen LogP) is 1.16. The molecule has 2 amide bonds. The third-order valence-electron chi connectivity index (χ3n) is 2.21. The van der Waals surface area contributed by atoms with E-state index in [4.69, 9.17) is 5.11 Å². The SMILES string of the molecule is Cn1ccc(NC(=O)Nc2cccnc2C(=O)O)n1. The fourth-order valence-electron chi connectivity index (χ4n) is 1.43. The molecule has 0 radical (unpaired) electrons. The van der Waals surface area contributed by atoms with E-state index in [0.29, 0.717) is 5.82 Å². The van der Waals surface area contributed by atoms with Gasteiger partial charge < -0.3 is 10.4 Å². The van der Waals surface area contributed by atoms with E-state index in [0.717, 1.165) is 0 Å². The Balaban J connectivity index is 2.09. The van der Waals surface area contributed by atoms with Gasteiger partial charge in [0, 0.05) is 25.5 Å². The number of rotatable bonds is 3. The molecule has 0 saturated carbocycles. The van der Waals surface area contributed by atoms with Crippen molar-refractivity contribution in [3.8, 4) is 0 Å². The number of pyridine rings is 1. The lowest BCUT2D eigenvalue weighted by atomic mass is 10.3. The van der Waals surface area contributed by atoms with Gasteiger partial charge in [-0.25, -0.2) is 14.6 Å². The number of urea groups is 1. The second-order valence-electron chi connectivity index (χ2n) is 3.66. The van der Waals surface area contributed by atoms with E-state index in [-0.39, 0.29) is 11.4 Å². The Morgan fingerprint density at radius 2 is 2.11 bits per heavy atom. The maximum Gasteiger partial charge on any atom is 0.356 e. The summed E-state index contributed by atoms with van der Waals surface area (Å²) in [7, 11) is 1.72. The summed E-state index contributed by atoms with van der Waals surface area (Å²) in [5, 5.41) is 17.8. The number of aryl methyl sites for hydroxylation is 1. The summed E-state index contributed by atoms with van der Waals surface area (Å²) in [5.41, 5.74) is -0.109. The molecule has 0 aliphatic carbocycles. The first-order valence-corrected chi connectivity index (χ1v) is 5.32. The molecule has 8 nitrogen and oxygen atoms in total. The molecule has 3 N–H and O–H groups in total. The summed E-state index contributed by atoms with van der Waals surface area (Å²) in [6.45, 7) is 0. The van der Waals surface area contributed by atoms with Gasteiger partial charge in [-0.05, 0) is 12.1 Å². The normalized spacial score (nSPS) is 9.95. The van der Waals surface area contributed by atoms with E-state index < -0.39 is 12.0 Å². The number of hydrogen-bond donors (Lipinski definition) is 3. The van der Waals surface area contributed by atoms with Gasteiger partial charge in [-0.15, -0.1) is 0 Å². The van der Waals surface area contributed by atoms with Crippen molar-refractivity contribution in [1.29, 1.82) is 0 Å². The molecule has 0 aromatic carbocycles. The summed E-state index contributed by atoms with van der Waals surface area (Å²) in [6.07, 6.45) is 3.01. The number of amides is 2. The highest BCUT2D eigenvalue weighted by Gasteiger charge is 2.13. The van der Waals surface area contributed by atoms with Crippen LogP contribution in [0.2, 0.25) is 0 Å². The quantitative estimate of drug-likeness (QED) is 0.768. The Hall–Kier alpha value is -2.90. The fourth-order valence-corrected chi connectivity index (χ4v) is 1.43. The Kier molecular flexibility index (Phi) is 3.42. The Morgan fingerprint density at radius 1 is 1.32 bits per heavy atom. The van der Waals surface area contributed by atoms with Crippen molar-refractivity contribution in [2.24, 2.45) is 7.05 Å². The number of anilines is 2. The number of nitrogens with one attached hydrogen (secondary N) is 2. The zero-order chi connectivity index (χ0) is 13.8. The molecule has 0 atom stereocenters. The Morgan fingerprint density at radius 3 is 2.74 bits per heavy atom. The first-order chi connectivity index (χ1) is 9.06. The van der Waals surface area contributed by atoms with Crippen molar-refractivity contribution in [3.05, 3.63) is 36.3 Å². The van der Waals surface area contributed by atoms with Gasteiger partial charge in [0.2, 0.25) is 0 Å². The number of nitrogens with zero attached hydrogens (tertiary/aromatic N) is 3.